The van der Waals surface area contributed by atoms with Crippen molar-refractivity contribution in [1.29, 1.82) is 0 Å². The van der Waals surface area contributed by atoms with E-state index in [1.54, 1.807) is 12.1 Å². The first-order chi connectivity index (χ1) is 13.2. The van der Waals surface area contributed by atoms with Crippen molar-refractivity contribution in [2.75, 3.05) is 26.0 Å². The van der Waals surface area contributed by atoms with Crippen LogP contribution in [0.2, 0.25) is 0 Å². The topological polar surface area (TPSA) is 69.1 Å². The van der Waals surface area contributed by atoms with Crippen molar-refractivity contribution in [2.45, 2.75) is 27.0 Å². The molecule has 1 unspecified atom stereocenters. The van der Waals surface area contributed by atoms with Crippen molar-refractivity contribution >= 4 is 28.2 Å². The van der Waals surface area contributed by atoms with E-state index in [2.05, 4.69) is 10.1 Å². The number of carbonyl (C=O) groups excluding carboxylic acids is 2. The van der Waals surface area contributed by atoms with Crippen molar-refractivity contribution in [1.82, 2.24) is 0 Å². The summed E-state index contributed by atoms with van der Waals surface area (Å²) < 4.78 is 33.5. The van der Waals surface area contributed by atoms with Crippen molar-refractivity contribution in [3.8, 4) is 5.75 Å². The minimum Gasteiger partial charge on any atom is -0.465 e. The van der Waals surface area contributed by atoms with Crippen LogP contribution in [0.15, 0.2) is 24.3 Å². The van der Waals surface area contributed by atoms with Gasteiger partial charge in [-0.15, -0.1) is 11.3 Å². The molecule has 6 nitrogen and oxygen atoms in total. The van der Waals surface area contributed by atoms with Gasteiger partial charge in [-0.25, -0.2) is 4.79 Å². The lowest BCUT2D eigenvalue weighted by Crippen LogP contribution is -3.08. The Kier molecular flexibility index (Phi) is 7.47. The molecule has 0 aliphatic rings. The van der Waals surface area contributed by atoms with Gasteiger partial charge in [0, 0.05) is 10.4 Å². The van der Waals surface area contributed by atoms with Gasteiger partial charge in [0.25, 0.3) is 5.91 Å². The van der Waals surface area contributed by atoms with Crippen LogP contribution in [0.1, 0.15) is 26.4 Å². The second kappa shape index (κ2) is 9.61. The summed E-state index contributed by atoms with van der Waals surface area (Å²) in [6.07, 6.45) is 0. The zero-order chi connectivity index (χ0) is 20.8. The number of hydrogen-bond acceptors (Lipinski definition) is 5. The van der Waals surface area contributed by atoms with E-state index in [9.17, 15) is 18.4 Å². The van der Waals surface area contributed by atoms with Crippen LogP contribution in [0.25, 0.3) is 0 Å². The number of alkyl halides is 2. The first-order valence-electron chi connectivity index (χ1n) is 8.54. The molecule has 152 valence electrons. The summed E-state index contributed by atoms with van der Waals surface area (Å²) in [6.45, 7) is 1.52. The molecule has 28 heavy (non-hydrogen) atoms. The third-order valence-electron chi connectivity index (χ3n) is 4.14. The van der Waals surface area contributed by atoms with Gasteiger partial charge in [-0.3, -0.25) is 4.79 Å². The number of quaternary nitrogens is 1. The van der Waals surface area contributed by atoms with Crippen LogP contribution in [0, 0.1) is 13.8 Å². The van der Waals surface area contributed by atoms with E-state index < -0.39 is 12.6 Å². The number of rotatable bonds is 8. The maximum Gasteiger partial charge on any atom is 0.387 e. The number of likely N-dealkylation sites (N-methyl/N-ethyl adjacent to an activating group) is 1. The van der Waals surface area contributed by atoms with Crippen molar-refractivity contribution in [2.24, 2.45) is 0 Å². The molecular formula is C19H23F2N2O4S+. The minimum absolute atomic E-state index is 0.0907. The lowest BCUT2D eigenvalue weighted by Gasteiger charge is -2.14. The zero-order valence-corrected chi connectivity index (χ0v) is 16.9. The first-order valence-corrected chi connectivity index (χ1v) is 9.36. The number of amides is 1. The minimum atomic E-state index is -2.86. The highest BCUT2D eigenvalue weighted by molar-refractivity contribution is 7.16. The van der Waals surface area contributed by atoms with E-state index in [-0.39, 0.29) is 18.2 Å². The van der Waals surface area contributed by atoms with Crippen LogP contribution in [0.5, 0.6) is 5.75 Å². The van der Waals surface area contributed by atoms with Crippen LogP contribution in [0.3, 0.4) is 0 Å². The van der Waals surface area contributed by atoms with Gasteiger partial charge >= 0.3 is 12.6 Å². The summed E-state index contributed by atoms with van der Waals surface area (Å²) in [4.78, 5) is 26.2. The standard InChI is InChI=1S/C19H22F2N2O4S/c1-11-12(2)28-17(16(11)18(25)26-4)22-15(24)10-23(3)9-13-5-7-14(8-6-13)27-19(20)21/h5-8,19H,9-10H2,1-4H3,(H,22,24)/p+1. The number of methoxy groups -OCH3 is 1. The molecule has 2 rings (SSSR count). The van der Waals surface area contributed by atoms with E-state index in [0.29, 0.717) is 17.1 Å². The third-order valence-corrected chi connectivity index (χ3v) is 5.27. The maximum absolute atomic E-state index is 12.4. The van der Waals surface area contributed by atoms with Crippen LogP contribution in [-0.2, 0) is 16.1 Å². The predicted molar refractivity (Wildman–Crippen MR) is 102 cm³/mol. The molecule has 1 aromatic carbocycles. The Labute approximate surface area is 166 Å². The van der Waals surface area contributed by atoms with Crippen LogP contribution in [-0.4, -0.2) is 39.2 Å². The molecule has 1 atom stereocenters. The molecule has 0 aliphatic heterocycles. The molecule has 1 heterocycles. The second-order valence-electron chi connectivity index (χ2n) is 6.36. The van der Waals surface area contributed by atoms with E-state index >= 15 is 0 Å². The van der Waals surface area contributed by atoms with Crippen molar-refractivity contribution in [3.05, 3.63) is 45.8 Å². The van der Waals surface area contributed by atoms with Crippen molar-refractivity contribution < 1.29 is 32.7 Å². The monoisotopic (exact) mass is 413 g/mol. The SMILES string of the molecule is COC(=O)c1c(NC(=O)C[NH+](C)Cc2ccc(OC(F)F)cc2)sc(C)c1C. The third kappa shape index (κ3) is 5.74. The fraction of sp³-hybridized carbons (Fsp3) is 0.368. The lowest BCUT2D eigenvalue weighted by atomic mass is 10.1. The molecule has 0 saturated carbocycles. The van der Waals surface area contributed by atoms with Gasteiger partial charge in [0.1, 0.15) is 17.3 Å². The number of aryl methyl sites for hydroxylation is 1. The molecule has 1 amide bonds. The largest absolute Gasteiger partial charge is 0.465 e. The van der Waals surface area contributed by atoms with Crippen LogP contribution in [0.4, 0.5) is 13.8 Å². The van der Waals surface area contributed by atoms with E-state index in [0.717, 1.165) is 20.9 Å². The molecule has 1 aromatic heterocycles. The number of thiophene rings is 1. The Morgan fingerprint density at radius 1 is 1.21 bits per heavy atom. The molecule has 0 spiro atoms. The number of halogens is 2. The Morgan fingerprint density at radius 3 is 2.43 bits per heavy atom. The number of anilines is 1. The smallest absolute Gasteiger partial charge is 0.387 e. The Hall–Kier alpha value is -2.52. The highest BCUT2D eigenvalue weighted by atomic mass is 32.1. The summed E-state index contributed by atoms with van der Waals surface area (Å²) in [7, 11) is 3.14. The van der Waals surface area contributed by atoms with E-state index in [1.807, 2.05) is 20.9 Å². The molecule has 2 N–H and O–H groups in total. The molecule has 0 fully saturated rings. The number of hydrogen-bond donors (Lipinski definition) is 2. The van der Waals surface area contributed by atoms with Crippen molar-refractivity contribution in [3.63, 3.8) is 0 Å². The number of ether oxygens (including phenoxy) is 2. The van der Waals surface area contributed by atoms with E-state index in [1.165, 1.54) is 30.6 Å². The van der Waals surface area contributed by atoms with Gasteiger partial charge in [-0.2, -0.15) is 8.78 Å². The summed E-state index contributed by atoms with van der Waals surface area (Å²) >= 11 is 1.33. The predicted octanol–water partition coefficient (Wildman–Crippen LogP) is 2.41. The van der Waals surface area contributed by atoms with Gasteiger partial charge in [-0.1, -0.05) is 0 Å². The zero-order valence-electron chi connectivity index (χ0n) is 16.1. The fourth-order valence-electron chi connectivity index (χ4n) is 2.71. The lowest BCUT2D eigenvalue weighted by molar-refractivity contribution is -0.885. The highest BCUT2D eigenvalue weighted by Gasteiger charge is 2.22. The number of esters is 1. The normalized spacial score (nSPS) is 12.0. The first kappa shape index (κ1) is 21.8. The van der Waals surface area contributed by atoms with Gasteiger partial charge in [0.2, 0.25) is 0 Å². The molecule has 0 saturated heterocycles. The summed E-state index contributed by atoms with van der Waals surface area (Å²) in [5.41, 5.74) is 2.05. The van der Waals surface area contributed by atoms with Gasteiger partial charge < -0.3 is 19.7 Å². The quantitative estimate of drug-likeness (QED) is 0.652. The summed E-state index contributed by atoms with van der Waals surface area (Å²) in [6, 6.07) is 6.30. The number of benzene rings is 1. The Bertz CT molecular complexity index is 837. The van der Waals surface area contributed by atoms with E-state index in [4.69, 9.17) is 4.74 Å². The molecule has 0 radical (unpaired) electrons. The molecule has 0 aliphatic carbocycles. The van der Waals surface area contributed by atoms with Crippen LogP contribution < -0.4 is 15.0 Å². The fourth-order valence-corrected chi connectivity index (χ4v) is 3.77. The second-order valence-corrected chi connectivity index (χ2v) is 7.58. The maximum atomic E-state index is 12.4. The highest BCUT2D eigenvalue weighted by Crippen LogP contribution is 2.32. The Balaban J connectivity index is 1.96. The Morgan fingerprint density at radius 2 is 1.86 bits per heavy atom. The molecular weight excluding hydrogens is 390 g/mol. The summed E-state index contributed by atoms with van der Waals surface area (Å²) in [5, 5.41) is 3.27. The molecule has 0 bridgehead atoms. The number of carbonyl (C=O) groups is 2. The van der Waals surface area contributed by atoms with Gasteiger partial charge in [0.15, 0.2) is 6.54 Å². The van der Waals surface area contributed by atoms with Crippen LogP contribution >= 0.6 is 11.3 Å². The average molecular weight is 413 g/mol. The average Bonchev–Trinajstić information content (AvgIpc) is 2.89. The molecule has 2 aromatic rings. The van der Waals surface area contributed by atoms with Gasteiger partial charge in [-0.05, 0) is 43.7 Å². The number of nitrogens with one attached hydrogen (secondary N) is 2. The molecule has 9 heteroatoms. The summed E-state index contributed by atoms with van der Waals surface area (Å²) in [5.74, 6) is -0.626. The van der Waals surface area contributed by atoms with Gasteiger partial charge in [0.05, 0.1) is 19.7 Å².